The number of amides is 1. The Morgan fingerprint density at radius 2 is 2.07 bits per heavy atom. The third-order valence-corrected chi connectivity index (χ3v) is 7.11. The van der Waals surface area contributed by atoms with Crippen LogP contribution in [-0.2, 0) is 9.47 Å². The highest BCUT2D eigenvalue weighted by atomic mass is 32.2. The summed E-state index contributed by atoms with van der Waals surface area (Å²) in [4.78, 5) is 16.4. The van der Waals surface area contributed by atoms with Crippen LogP contribution < -0.4 is 0 Å². The van der Waals surface area contributed by atoms with Crippen LogP contribution in [0, 0.1) is 11.3 Å². The molecule has 1 fully saturated rings. The first-order chi connectivity index (χ1) is 14.1. The molecule has 30 heavy (non-hydrogen) atoms. The molecule has 0 unspecified atom stereocenters. The number of nitrogens with zero attached hydrogens (tertiary/aromatic N) is 2. The van der Waals surface area contributed by atoms with Gasteiger partial charge in [0.25, 0.3) is 0 Å². The first-order valence-corrected chi connectivity index (χ1v) is 11.7. The van der Waals surface area contributed by atoms with Crippen molar-refractivity contribution < 1.29 is 14.3 Å². The van der Waals surface area contributed by atoms with Gasteiger partial charge in [-0.1, -0.05) is 30.3 Å². The first-order valence-electron chi connectivity index (χ1n) is 9.96. The Kier molecular flexibility index (Phi) is 6.81. The maximum Gasteiger partial charge on any atom is 0.412 e. The number of benzene rings is 1. The summed E-state index contributed by atoms with van der Waals surface area (Å²) in [5.74, 6) is 0. The molecule has 160 valence electrons. The lowest BCUT2D eigenvalue weighted by Gasteiger charge is -2.36. The third kappa shape index (κ3) is 5.37. The highest BCUT2D eigenvalue weighted by Gasteiger charge is 2.46. The number of thiophene rings is 1. The van der Waals surface area contributed by atoms with Crippen LogP contribution in [0.15, 0.2) is 46.7 Å². The summed E-state index contributed by atoms with van der Waals surface area (Å²) in [7, 11) is 0. The molecule has 0 aliphatic carbocycles. The lowest BCUT2D eigenvalue weighted by molar-refractivity contribution is -0.0626. The lowest BCUT2D eigenvalue weighted by Crippen LogP contribution is -2.50. The number of ether oxygens (including phenoxy) is 2. The van der Waals surface area contributed by atoms with Crippen LogP contribution in [0.25, 0.3) is 0 Å². The Hall–Kier alpha value is -2.01. The van der Waals surface area contributed by atoms with Gasteiger partial charge < -0.3 is 9.47 Å². The number of nitriles is 1. The minimum Gasteiger partial charge on any atom is -0.444 e. The molecule has 0 N–H and O–H groups in total. The SMILES string of the molecule is CC(C)(C)OC(=O)N1[C@@H](C[C@@H](Sc2ccsc2C#N)c2ccccc2)COC1(C)C. The van der Waals surface area contributed by atoms with Gasteiger partial charge in [-0.25, -0.2) is 4.79 Å². The Morgan fingerprint density at radius 1 is 1.37 bits per heavy atom. The van der Waals surface area contributed by atoms with Crippen molar-refractivity contribution in [3.63, 3.8) is 0 Å². The van der Waals surface area contributed by atoms with Crippen molar-refractivity contribution in [2.24, 2.45) is 0 Å². The second kappa shape index (κ2) is 9.01. The van der Waals surface area contributed by atoms with Gasteiger partial charge in [0.2, 0.25) is 0 Å². The first kappa shape index (κ1) is 22.7. The summed E-state index contributed by atoms with van der Waals surface area (Å²) in [6, 6.07) is 14.4. The molecule has 1 aromatic heterocycles. The normalized spacial score (nSPS) is 19.3. The fourth-order valence-electron chi connectivity index (χ4n) is 3.53. The molecule has 1 aliphatic rings. The number of hydrogen-bond donors (Lipinski definition) is 0. The van der Waals surface area contributed by atoms with Crippen molar-refractivity contribution in [1.82, 2.24) is 4.90 Å². The second-order valence-electron chi connectivity index (χ2n) is 8.74. The van der Waals surface area contributed by atoms with Gasteiger partial charge in [0.1, 0.15) is 22.3 Å². The number of thioether (sulfide) groups is 1. The highest BCUT2D eigenvalue weighted by molar-refractivity contribution is 7.99. The minimum atomic E-state index is -0.737. The molecule has 1 aromatic carbocycles. The zero-order valence-corrected chi connectivity index (χ0v) is 19.7. The molecule has 7 heteroatoms. The molecular weight excluding hydrogens is 416 g/mol. The molecule has 3 rings (SSSR count). The van der Waals surface area contributed by atoms with Gasteiger partial charge in [0, 0.05) is 10.1 Å². The molecule has 0 bridgehead atoms. The summed E-state index contributed by atoms with van der Waals surface area (Å²) < 4.78 is 11.7. The van der Waals surface area contributed by atoms with Gasteiger partial charge >= 0.3 is 6.09 Å². The topological polar surface area (TPSA) is 62.6 Å². The number of carbonyl (C=O) groups excluding carboxylic acids is 1. The van der Waals surface area contributed by atoms with E-state index in [2.05, 4.69) is 18.2 Å². The average Bonchev–Trinajstić information content (AvgIpc) is 3.23. The van der Waals surface area contributed by atoms with Crippen LogP contribution in [0.5, 0.6) is 0 Å². The fraction of sp³-hybridized carbons (Fsp3) is 0.478. The van der Waals surface area contributed by atoms with Crippen LogP contribution in [0.1, 0.15) is 56.7 Å². The number of hydrogen-bond acceptors (Lipinski definition) is 6. The van der Waals surface area contributed by atoms with Crippen molar-refractivity contribution in [2.45, 2.75) is 68.6 Å². The van der Waals surface area contributed by atoms with E-state index in [1.165, 1.54) is 11.3 Å². The molecule has 2 atom stereocenters. The monoisotopic (exact) mass is 444 g/mol. The second-order valence-corrected chi connectivity index (χ2v) is 10.9. The molecule has 0 spiro atoms. The molecular formula is C23H28N2O3S2. The van der Waals surface area contributed by atoms with Crippen molar-refractivity contribution in [1.29, 1.82) is 5.26 Å². The maximum absolute atomic E-state index is 13.0. The van der Waals surface area contributed by atoms with Crippen LogP contribution in [-0.4, -0.2) is 35.0 Å². The van der Waals surface area contributed by atoms with E-state index in [4.69, 9.17) is 9.47 Å². The third-order valence-electron chi connectivity index (χ3n) is 4.82. The van der Waals surface area contributed by atoms with Gasteiger partial charge in [-0.05, 0) is 58.0 Å². The zero-order valence-electron chi connectivity index (χ0n) is 18.0. The van der Waals surface area contributed by atoms with E-state index >= 15 is 0 Å². The molecule has 1 saturated heterocycles. The van der Waals surface area contributed by atoms with E-state index in [9.17, 15) is 10.1 Å². The fourth-order valence-corrected chi connectivity index (χ4v) is 5.70. The largest absolute Gasteiger partial charge is 0.444 e. The smallest absolute Gasteiger partial charge is 0.412 e. The van der Waals surface area contributed by atoms with E-state index in [1.54, 1.807) is 16.7 Å². The van der Waals surface area contributed by atoms with Crippen LogP contribution in [0.2, 0.25) is 0 Å². The summed E-state index contributed by atoms with van der Waals surface area (Å²) in [6.07, 6.45) is 0.331. The quantitative estimate of drug-likeness (QED) is 0.513. The van der Waals surface area contributed by atoms with Crippen molar-refractivity contribution in [3.8, 4) is 6.07 Å². The lowest BCUT2D eigenvalue weighted by atomic mass is 10.0. The Morgan fingerprint density at radius 3 is 2.70 bits per heavy atom. The van der Waals surface area contributed by atoms with Gasteiger partial charge in [-0.3, -0.25) is 4.90 Å². The van der Waals surface area contributed by atoms with Crippen molar-refractivity contribution in [2.75, 3.05) is 6.61 Å². The predicted octanol–water partition coefficient (Wildman–Crippen LogP) is 6.22. The molecule has 1 aliphatic heterocycles. The van der Waals surface area contributed by atoms with Crippen molar-refractivity contribution >= 4 is 29.2 Å². The minimum absolute atomic E-state index is 0.0698. The molecule has 2 heterocycles. The summed E-state index contributed by atoms with van der Waals surface area (Å²) in [6.45, 7) is 9.85. The molecule has 0 radical (unpaired) electrons. The van der Waals surface area contributed by atoms with E-state index in [1.807, 2.05) is 64.3 Å². The van der Waals surface area contributed by atoms with E-state index < -0.39 is 11.3 Å². The standard InChI is InChI=1S/C23H28N2O3S2/c1-22(2,3)28-21(26)25-17(15-27-23(25,4)5)13-19(16-9-7-6-8-10-16)30-18-11-12-29-20(18)14-24/h6-12,17,19H,13,15H2,1-5H3/t17-,19+/m0/s1. The molecule has 2 aromatic rings. The predicted molar refractivity (Wildman–Crippen MR) is 121 cm³/mol. The molecule has 5 nitrogen and oxygen atoms in total. The summed E-state index contributed by atoms with van der Waals surface area (Å²) in [5.41, 5.74) is -0.155. The number of rotatable bonds is 5. The van der Waals surface area contributed by atoms with Crippen LogP contribution >= 0.6 is 23.1 Å². The molecule has 1 amide bonds. The van der Waals surface area contributed by atoms with Crippen LogP contribution in [0.4, 0.5) is 4.79 Å². The van der Waals surface area contributed by atoms with E-state index in [0.717, 1.165) is 10.5 Å². The summed E-state index contributed by atoms with van der Waals surface area (Å²) >= 11 is 3.12. The zero-order chi connectivity index (χ0) is 21.9. The maximum atomic E-state index is 13.0. The Balaban J connectivity index is 1.87. The van der Waals surface area contributed by atoms with E-state index in [-0.39, 0.29) is 17.4 Å². The Labute approximate surface area is 187 Å². The van der Waals surface area contributed by atoms with Gasteiger partial charge in [-0.15, -0.1) is 23.1 Å². The van der Waals surface area contributed by atoms with Gasteiger partial charge in [-0.2, -0.15) is 5.26 Å². The summed E-state index contributed by atoms with van der Waals surface area (Å²) in [5, 5.41) is 11.4. The molecule has 0 saturated carbocycles. The number of carbonyl (C=O) groups is 1. The van der Waals surface area contributed by atoms with Crippen LogP contribution in [0.3, 0.4) is 0 Å². The van der Waals surface area contributed by atoms with Gasteiger partial charge in [0.15, 0.2) is 0 Å². The Bertz CT molecular complexity index is 913. The van der Waals surface area contributed by atoms with Gasteiger partial charge in [0.05, 0.1) is 12.6 Å². The van der Waals surface area contributed by atoms with E-state index in [0.29, 0.717) is 17.9 Å². The average molecular weight is 445 g/mol. The highest BCUT2D eigenvalue weighted by Crippen LogP contribution is 2.44. The van der Waals surface area contributed by atoms with Crippen molar-refractivity contribution in [3.05, 3.63) is 52.2 Å².